The Balaban J connectivity index is 4.03. The third-order valence-electron chi connectivity index (χ3n) is 0.865. The Labute approximate surface area is 66.7 Å². The third kappa shape index (κ3) is 3.29. The number of hydrogen-bond acceptors (Lipinski definition) is 2. The maximum atomic E-state index is 4.02. The second-order valence-electron chi connectivity index (χ2n) is 1.58. The number of rotatable bonds is 2. The molecule has 0 N–H and O–H groups in total. The Hall–Kier alpha value is -0.770. The van der Waals surface area contributed by atoms with E-state index in [0.29, 0.717) is 0 Å². The predicted octanol–water partition coefficient (Wildman–Crippen LogP) is 1.35. The second kappa shape index (κ2) is 5.05. The lowest BCUT2D eigenvalue weighted by Crippen LogP contribution is -2.10. The fourth-order valence-corrected chi connectivity index (χ4v) is 0.384. The van der Waals surface area contributed by atoms with Crippen LogP contribution in [0.15, 0.2) is 22.8 Å². The van der Waals surface area contributed by atoms with Gasteiger partial charge in [-0.2, -0.15) is 0 Å². The molecule has 0 aromatic carbocycles. The maximum absolute atomic E-state index is 4.02. The summed E-state index contributed by atoms with van der Waals surface area (Å²) in [6, 6.07) is 0. The standard InChI is InChI=1S/C6H11N3S/c1-4-9(10)6(2)8-5-7-3/h4-5,10H,1H2,2-3H3/b7-5-,8-6+. The molecule has 56 valence electrons. The SMILES string of the molecule is C=CN(S)/C(C)=N/C=N\C. The highest BCUT2D eigenvalue weighted by Gasteiger charge is 1.91. The number of aliphatic imine (C=N–C) groups is 2. The van der Waals surface area contributed by atoms with E-state index in [1.807, 2.05) is 6.92 Å². The number of thiol groups is 1. The van der Waals surface area contributed by atoms with Gasteiger partial charge in [-0.1, -0.05) is 19.4 Å². The summed E-state index contributed by atoms with van der Waals surface area (Å²) in [6.07, 6.45) is 3.02. The summed E-state index contributed by atoms with van der Waals surface area (Å²) in [5.74, 6) is 0.740. The van der Waals surface area contributed by atoms with Gasteiger partial charge in [0.1, 0.15) is 12.2 Å². The van der Waals surface area contributed by atoms with Gasteiger partial charge < -0.3 is 0 Å². The summed E-state index contributed by atoms with van der Waals surface area (Å²) in [5, 5.41) is 0. The zero-order chi connectivity index (χ0) is 7.98. The van der Waals surface area contributed by atoms with Crippen LogP contribution in [0.4, 0.5) is 0 Å². The molecule has 0 spiro atoms. The molecule has 3 nitrogen and oxygen atoms in total. The lowest BCUT2D eigenvalue weighted by Gasteiger charge is -2.08. The van der Waals surface area contributed by atoms with E-state index in [-0.39, 0.29) is 0 Å². The van der Waals surface area contributed by atoms with Crippen LogP contribution in [-0.2, 0) is 0 Å². The first-order valence-electron chi connectivity index (χ1n) is 2.78. The van der Waals surface area contributed by atoms with Crippen LogP contribution in [0.25, 0.3) is 0 Å². The highest BCUT2D eigenvalue weighted by Crippen LogP contribution is 1.94. The average Bonchev–Trinajstić information content (AvgIpc) is 1.98. The zero-order valence-corrected chi connectivity index (χ0v) is 7.05. The highest BCUT2D eigenvalue weighted by molar-refractivity contribution is 7.78. The molecule has 0 saturated heterocycles. The average molecular weight is 157 g/mol. The molecule has 0 aromatic rings. The quantitative estimate of drug-likeness (QED) is 0.366. The summed E-state index contributed by atoms with van der Waals surface area (Å²) in [4.78, 5) is 7.60. The summed E-state index contributed by atoms with van der Waals surface area (Å²) < 4.78 is 1.52. The molecule has 0 radical (unpaired) electrons. The molecule has 10 heavy (non-hydrogen) atoms. The van der Waals surface area contributed by atoms with E-state index in [1.54, 1.807) is 13.2 Å². The number of nitrogens with zero attached hydrogens (tertiary/aromatic N) is 3. The highest BCUT2D eigenvalue weighted by atomic mass is 32.1. The topological polar surface area (TPSA) is 28.0 Å². The Morgan fingerprint density at radius 1 is 1.70 bits per heavy atom. The molecule has 0 fully saturated rings. The molecule has 0 amide bonds. The van der Waals surface area contributed by atoms with Crippen molar-refractivity contribution in [3.8, 4) is 0 Å². The van der Waals surface area contributed by atoms with Gasteiger partial charge in [-0.3, -0.25) is 9.30 Å². The lowest BCUT2D eigenvalue weighted by atomic mass is 10.6. The van der Waals surface area contributed by atoms with Gasteiger partial charge in [-0.05, 0) is 6.92 Å². The summed E-state index contributed by atoms with van der Waals surface area (Å²) >= 11 is 4.02. The first-order chi connectivity index (χ1) is 4.72. The van der Waals surface area contributed by atoms with Crippen LogP contribution in [0.2, 0.25) is 0 Å². The van der Waals surface area contributed by atoms with Crippen LogP contribution < -0.4 is 0 Å². The minimum Gasteiger partial charge on any atom is -0.283 e. The van der Waals surface area contributed by atoms with E-state index in [2.05, 4.69) is 29.4 Å². The Kier molecular flexibility index (Phi) is 4.66. The summed E-state index contributed by atoms with van der Waals surface area (Å²) in [6.45, 7) is 5.33. The van der Waals surface area contributed by atoms with Gasteiger partial charge in [-0.15, -0.1) is 0 Å². The Bertz CT molecular complexity index is 162. The Morgan fingerprint density at radius 2 is 2.30 bits per heavy atom. The van der Waals surface area contributed by atoms with Gasteiger partial charge in [0, 0.05) is 13.2 Å². The second-order valence-corrected chi connectivity index (χ2v) is 2.01. The molecule has 0 rings (SSSR count). The molecule has 0 heterocycles. The van der Waals surface area contributed by atoms with Crippen molar-refractivity contribution in [3.05, 3.63) is 12.8 Å². The van der Waals surface area contributed by atoms with Crippen molar-refractivity contribution in [2.24, 2.45) is 9.98 Å². The predicted molar refractivity (Wildman–Crippen MR) is 48.5 cm³/mol. The number of hydrogen-bond donors (Lipinski definition) is 1. The van der Waals surface area contributed by atoms with Crippen LogP contribution in [0.5, 0.6) is 0 Å². The van der Waals surface area contributed by atoms with Gasteiger partial charge in [0.15, 0.2) is 0 Å². The van der Waals surface area contributed by atoms with Crippen molar-refractivity contribution in [1.82, 2.24) is 4.31 Å². The normalized spacial score (nSPS) is 12.1. The monoisotopic (exact) mass is 157 g/mol. The van der Waals surface area contributed by atoms with Crippen LogP contribution >= 0.6 is 12.8 Å². The number of amidine groups is 1. The van der Waals surface area contributed by atoms with Crippen LogP contribution in [0.1, 0.15) is 6.92 Å². The molecule has 0 saturated carbocycles. The fourth-order valence-electron chi connectivity index (χ4n) is 0.333. The van der Waals surface area contributed by atoms with Gasteiger partial charge in [0.25, 0.3) is 0 Å². The lowest BCUT2D eigenvalue weighted by molar-refractivity contribution is 0.938. The molecule has 0 unspecified atom stereocenters. The van der Waals surface area contributed by atoms with Crippen LogP contribution in [0.3, 0.4) is 0 Å². The van der Waals surface area contributed by atoms with Gasteiger partial charge in [-0.25, -0.2) is 4.99 Å². The molecule has 0 aliphatic carbocycles. The molecule has 0 aromatic heterocycles. The first-order valence-corrected chi connectivity index (χ1v) is 3.18. The summed E-state index contributed by atoms with van der Waals surface area (Å²) in [7, 11) is 1.66. The van der Waals surface area contributed by atoms with Crippen molar-refractivity contribution >= 4 is 25.0 Å². The minimum atomic E-state index is 0.740. The van der Waals surface area contributed by atoms with Crippen LogP contribution in [-0.4, -0.2) is 23.5 Å². The molecule has 4 heteroatoms. The van der Waals surface area contributed by atoms with Crippen LogP contribution in [0, 0.1) is 0 Å². The van der Waals surface area contributed by atoms with E-state index in [0.717, 1.165) is 5.84 Å². The van der Waals surface area contributed by atoms with Crippen molar-refractivity contribution in [1.29, 1.82) is 0 Å². The van der Waals surface area contributed by atoms with Gasteiger partial charge in [0.05, 0.1) is 0 Å². The van der Waals surface area contributed by atoms with Crippen molar-refractivity contribution in [3.63, 3.8) is 0 Å². The van der Waals surface area contributed by atoms with E-state index >= 15 is 0 Å². The molecule has 0 bridgehead atoms. The Morgan fingerprint density at radius 3 is 2.70 bits per heavy atom. The third-order valence-corrected chi connectivity index (χ3v) is 1.32. The fraction of sp³-hybridized carbons (Fsp3) is 0.333. The maximum Gasteiger partial charge on any atom is 0.117 e. The molecule has 0 aliphatic heterocycles. The van der Waals surface area contributed by atoms with Gasteiger partial charge >= 0.3 is 0 Å². The largest absolute Gasteiger partial charge is 0.283 e. The molecule has 0 atom stereocenters. The van der Waals surface area contributed by atoms with Crippen molar-refractivity contribution < 1.29 is 0 Å². The molecular weight excluding hydrogens is 146 g/mol. The van der Waals surface area contributed by atoms with E-state index in [9.17, 15) is 0 Å². The van der Waals surface area contributed by atoms with Crippen molar-refractivity contribution in [2.45, 2.75) is 6.92 Å². The molecular formula is C6H11N3S. The van der Waals surface area contributed by atoms with Crippen molar-refractivity contribution in [2.75, 3.05) is 7.05 Å². The van der Waals surface area contributed by atoms with E-state index in [4.69, 9.17) is 0 Å². The van der Waals surface area contributed by atoms with Gasteiger partial charge in [0.2, 0.25) is 0 Å². The minimum absolute atomic E-state index is 0.740. The first kappa shape index (κ1) is 9.23. The van der Waals surface area contributed by atoms with E-state index < -0.39 is 0 Å². The zero-order valence-electron chi connectivity index (χ0n) is 6.15. The summed E-state index contributed by atoms with van der Waals surface area (Å²) in [5.41, 5.74) is 0. The molecule has 0 aliphatic rings. The van der Waals surface area contributed by atoms with E-state index in [1.165, 1.54) is 10.6 Å². The smallest absolute Gasteiger partial charge is 0.117 e.